The lowest BCUT2D eigenvalue weighted by atomic mass is 10.3. The quantitative estimate of drug-likeness (QED) is 0.681. The molecule has 0 bridgehead atoms. The van der Waals surface area contributed by atoms with Gasteiger partial charge < -0.3 is 15.1 Å². The van der Waals surface area contributed by atoms with Crippen molar-refractivity contribution in [1.29, 1.82) is 0 Å². The van der Waals surface area contributed by atoms with Crippen molar-refractivity contribution in [3.63, 3.8) is 0 Å². The van der Waals surface area contributed by atoms with E-state index in [2.05, 4.69) is 0 Å². The number of hydrogen-bond acceptors (Lipinski definition) is 4. The minimum atomic E-state index is -0.466. The van der Waals surface area contributed by atoms with Crippen molar-refractivity contribution < 1.29 is 13.6 Å². The molecule has 1 aromatic heterocycles. The number of amides is 1. The van der Waals surface area contributed by atoms with E-state index in [1.807, 2.05) is 19.1 Å². The average Bonchev–Trinajstić information content (AvgIpc) is 2.85. The molecule has 0 saturated carbocycles. The Balaban J connectivity index is 1.87. The van der Waals surface area contributed by atoms with Gasteiger partial charge in [-0.1, -0.05) is 0 Å². The Bertz CT molecular complexity index is 642. The third-order valence-corrected chi connectivity index (χ3v) is 3.93. The zero-order valence-corrected chi connectivity index (χ0v) is 12.7. The molecule has 4 nitrogen and oxygen atoms in total. The number of nitrogens with two attached hydrogens (primary N) is 1. The second-order valence-electron chi connectivity index (χ2n) is 4.73. The predicted octanol–water partition coefficient (Wildman–Crippen LogP) is 3.06. The van der Waals surface area contributed by atoms with Gasteiger partial charge in [-0.15, -0.1) is 11.8 Å². The fraction of sp³-hybridized carbons (Fsp3) is 0.267. The number of benzene rings is 1. The van der Waals surface area contributed by atoms with Gasteiger partial charge in [0.25, 0.3) is 0 Å². The molecule has 112 valence electrons. The number of carbonyl (C=O) groups is 1. The Kier molecular flexibility index (Phi) is 4.90. The fourth-order valence-corrected chi connectivity index (χ4v) is 2.61. The number of hydrogen-bond donors (Lipinski definition) is 1. The number of rotatable bonds is 5. The molecule has 0 aliphatic rings. The molecular formula is C15H17FN2O2S. The van der Waals surface area contributed by atoms with Crippen LogP contribution in [0.5, 0.6) is 0 Å². The van der Waals surface area contributed by atoms with Crippen LogP contribution in [0, 0.1) is 12.7 Å². The van der Waals surface area contributed by atoms with Crippen LogP contribution in [0.3, 0.4) is 0 Å². The van der Waals surface area contributed by atoms with Crippen molar-refractivity contribution >= 4 is 23.4 Å². The van der Waals surface area contributed by atoms with E-state index in [1.54, 1.807) is 18.0 Å². The summed E-state index contributed by atoms with van der Waals surface area (Å²) >= 11 is 1.28. The second kappa shape index (κ2) is 6.67. The molecule has 0 radical (unpaired) electrons. The SMILES string of the molecule is Cc1ccc(CN(C)C(=O)CSc2ccc(N)c(F)c2)o1. The van der Waals surface area contributed by atoms with Crippen LogP contribution in [0.2, 0.25) is 0 Å². The Hall–Kier alpha value is -1.95. The lowest BCUT2D eigenvalue weighted by molar-refractivity contribution is -0.127. The van der Waals surface area contributed by atoms with Crippen LogP contribution in [0.15, 0.2) is 39.6 Å². The van der Waals surface area contributed by atoms with Crippen molar-refractivity contribution in [1.82, 2.24) is 4.90 Å². The van der Waals surface area contributed by atoms with Gasteiger partial charge in [-0.3, -0.25) is 4.79 Å². The van der Waals surface area contributed by atoms with Gasteiger partial charge in [-0.2, -0.15) is 0 Å². The summed E-state index contributed by atoms with van der Waals surface area (Å²) in [6, 6.07) is 8.24. The molecule has 0 unspecified atom stereocenters. The summed E-state index contributed by atoms with van der Waals surface area (Å²) in [6.07, 6.45) is 0. The van der Waals surface area contributed by atoms with Crippen LogP contribution in [-0.4, -0.2) is 23.6 Å². The van der Waals surface area contributed by atoms with Crippen LogP contribution in [0.1, 0.15) is 11.5 Å². The van der Waals surface area contributed by atoms with Crippen molar-refractivity contribution in [2.24, 2.45) is 0 Å². The third-order valence-electron chi connectivity index (χ3n) is 2.95. The molecule has 0 aliphatic heterocycles. The summed E-state index contributed by atoms with van der Waals surface area (Å²) in [5.41, 5.74) is 5.52. The number of carbonyl (C=O) groups excluding carboxylic acids is 1. The maximum Gasteiger partial charge on any atom is 0.233 e. The van der Waals surface area contributed by atoms with Crippen LogP contribution in [0.25, 0.3) is 0 Å². The highest BCUT2D eigenvalue weighted by molar-refractivity contribution is 8.00. The first-order valence-electron chi connectivity index (χ1n) is 6.43. The number of nitrogen functional groups attached to an aromatic ring is 1. The van der Waals surface area contributed by atoms with E-state index in [4.69, 9.17) is 10.2 Å². The van der Waals surface area contributed by atoms with Gasteiger partial charge in [0, 0.05) is 11.9 Å². The predicted molar refractivity (Wildman–Crippen MR) is 81.5 cm³/mol. The van der Waals surface area contributed by atoms with E-state index in [0.717, 1.165) is 11.5 Å². The summed E-state index contributed by atoms with van der Waals surface area (Å²) in [6.45, 7) is 2.28. The minimum Gasteiger partial charge on any atom is -0.464 e. The molecule has 21 heavy (non-hydrogen) atoms. The summed E-state index contributed by atoms with van der Waals surface area (Å²) in [7, 11) is 1.71. The van der Waals surface area contributed by atoms with Gasteiger partial charge >= 0.3 is 0 Å². The smallest absolute Gasteiger partial charge is 0.233 e. The number of thioether (sulfide) groups is 1. The Morgan fingerprint density at radius 3 is 2.76 bits per heavy atom. The largest absolute Gasteiger partial charge is 0.464 e. The van der Waals surface area contributed by atoms with Crippen LogP contribution < -0.4 is 5.73 Å². The lowest BCUT2D eigenvalue weighted by Gasteiger charge is -2.15. The highest BCUT2D eigenvalue weighted by Crippen LogP contribution is 2.22. The number of nitrogens with zero attached hydrogens (tertiary/aromatic N) is 1. The molecule has 0 atom stereocenters. The van der Waals surface area contributed by atoms with Crippen molar-refractivity contribution in [2.45, 2.75) is 18.4 Å². The topological polar surface area (TPSA) is 59.5 Å². The molecule has 0 aliphatic carbocycles. The second-order valence-corrected chi connectivity index (χ2v) is 5.78. The van der Waals surface area contributed by atoms with Crippen LogP contribution in [0.4, 0.5) is 10.1 Å². The van der Waals surface area contributed by atoms with E-state index in [9.17, 15) is 9.18 Å². The first kappa shape index (κ1) is 15.4. The molecule has 1 amide bonds. The molecule has 2 rings (SSSR count). The van der Waals surface area contributed by atoms with Gasteiger partial charge in [0.1, 0.15) is 17.3 Å². The highest BCUT2D eigenvalue weighted by Gasteiger charge is 2.12. The van der Waals surface area contributed by atoms with Gasteiger partial charge in [-0.25, -0.2) is 4.39 Å². The maximum atomic E-state index is 13.3. The third kappa shape index (κ3) is 4.26. The summed E-state index contributed by atoms with van der Waals surface area (Å²) in [4.78, 5) is 14.3. The molecule has 2 aromatic rings. The van der Waals surface area contributed by atoms with Gasteiger partial charge in [-0.05, 0) is 37.3 Å². The standard InChI is InChI=1S/C15H17FN2O2S/c1-10-3-4-11(20-10)8-18(2)15(19)9-21-12-5-6-14(17)13(16)7-12/h3-7H,8-9,17H2,1-2H3. The van der Waals surface area contributed by atoms with E-state index < -0.39 is 5.82 Å². The molecule has 0 fully saturated rings. The molecule has 1 heterocycles. The van der Waals surface area contributed by atoms with Crippen LogP contribution in [-0.2, 0) is 11.3 Å². The highest BCUT2D eigenvalue weighted by atomic mass is 32.2. The normalized spacial score (nSPS) is 10.6. The molecular weight excluding hydrogens is 291 g/mol. The van der Waals surface area contributed by atoms with E-state index in [1.165, 1.54) is 23.9 Å². The zero-order valence-electron chi connectivity index (χ0n) is 11.9. The molecule has 2 N–H and O–H groups in total. The van der Waals surface area contributed by atoms with Gasteiger partial charge in [0.15, 0.2) is 0 Å². The van der Waals surface area contributed by atoms with Gasteiger partial charge in [0.2, 0.25) is 5.91 Å². The van der Waals surface area contributed by atoms with Crippen LogP contribution >= 0.6 is 11.8 Å². The van der Waals surface area contributed by atoms with Crippen molar-refractivity contribution in [3.05, 3.63) is 47.7 Å². The molecule has 0 spiro atoms. The molecule has 6 heteroatoms. The average molecular weight is 308 g/mol. The fourth-order valence-electron chi connectivity index (χ4n) is 1.74. The maximum absolute atomic E-state index is 13.3. The van der Waals surface area contributed by atoms with E-state index in [0.29, 0.717) is 11.4 Å². The number of halogens is 1. The first-order valence-corrected chi connectivity index (χ1v) is 7.41. The Morgan fingerprint density at radius 1 is 1.38 bits per heavy atom. The minimum absolute atomic E-state index is 0.0497. The number of furan rings is 1. The van der Waals surface area contributed by atoms with Crippen molar-refractivity contribution in [3.8, 4) is 0 Å². The van der Waals surface area contributed by atoms with Gasteiger partial charge in [0.05, 0.1) is 18.0 Å². The summed E-state index contributed by atoms with van der Waals surface area (Å²) in [5, 5.41) is 0. The number of anilines is 1. The molecule has 0 saturated heterocycles. The summed E-state index contributed by atoms with van der Waals surface area (Å²) in [5.74, 6) is 1.28. The first-order chi connectivity index (χ1) is 9.95. The monoisotopic (exact) mass is 308 g/mol. The summed E-state index contributed by atoms with van der Waals surface area (Å²) < 4.78 is 18.7. The molecule has 1 aromatic carbocycles. The Labute approximate surface area is 127 Å². The Morgan fingerprint density at radius 2 is 2.14 bits per heavy atom. The zero-order chi connectivity index (χ0) is 15.4. The van der Waals surface area contributed by atoms with E-state index >= 15 is 0 Å². The van der Waals surface area contributed by atoms with E-state index in [-0.39, 0.29) is 17.3 Å². The number of aryl methyl sites for hydroxylation is 1. The lowest BCUT2D eigenvalue weighted by Crippen LogP contribution is -2.27. The van der Waals surface area contributed by atoms with Crippen molar-refractivity contribution in [2.75, 3.05) is 18.5 Å².